The lowest BCUT2D eigenvalue weighted by Gasteiger charge is -2.52. The maximum Gasteiger partial charge on any atom is 0.229 e. The normalized spacial score (nSPS) is 24.8. The Morgan fingerprint density at radius 1 is 1.16 bits per heavy atom. The van der Waals surface area contributed by atoms with Crippen molar-refractivity contribution in [1.82, 2.24) is 4.90 Å². The first-order valence-electron chi connectivity index (χ1n) is 11.0. The minimum atomic E-state index is -0.555. The minimum Gasteiger partial charge on any atom is -0.394 e. The van der Waals surface area contributed by atoms with Crippen LogP contribution in [0.25, 0.3) is 0 Å². The molecule has 1 saturated heterocycles. The number of benzene rings is 2. The fourth-order valence-electron chi connectivity index (χ4n) is 5.00. The van der Waals surface area contributed by atoms with E-state index in [1.54, 1.807) is 0 Å². The summed E-state index contributed by atoms with van der Waals surface area (Å²) in [4.78, 5) is 16.0. The van der Waals surface area contributed by atoms with E-state index in [-0.39, 0.29) is 30.5 Å². The van der Waals surface area contributed by atoms with Crippen molar-refractivity contribution in [2.75, 3.05) is 6.61 Å². The molecule has 1 aliphatic heterocycles. The molecule has 0 unspecified atom stereocenters. The molecule has 3 rings (SSSR count). The van der Waals surface area contributed by atoms with Crippen LogP contribution in [-0.2, 0) is 4.79 Å². The summed E-state index contributed by atoms with van der Waals surface area (Å²) in [6.45, 7) is 7.93. The first kappa shape index (κ1) is 23.8. The average molecular weight is 460 g/mol. The van der Waals surface area contributed by atoms with Gasteiger partial charge in [0.15, 0.2) is 0 Å². The van der Waals surface area contributed by atoms with E-state index in [9.17, 15) is 9.90 Å². The van der Waals surface area contributed by atoms with Gasteiger partial charge in [-0.25, -0.2) is 0 Å². The van der Waals surface area contributed by atoms with Crippen molar-refractivity contribution >= 4 is 29.1 Å². The van der Waals surface area contributed by atoms with E-state index in [0.717, 1.165) is 11.1 Å². The number of amides is 1. The zero-order chi connectivity index (χ0) is 22.6. The highest BCUT2D eigenvalue weighted by Gasteiger charge is 2.52. The van der Waals surface area contributed by atoms with Crippen LogP contribution >= 0.6 is 23.2 Å². The maximum absolute atomic E-state index is 14.0. The van der Waals surface area contributed by atoms with Gasteiger partial charge >= 0.3 is 0 Å². The van der Waals surface area contributed by atoms with Crippen LogP contribution in [0.1, 0.15) is 62.6 Å². The Balaban J connectivity index is 2.24. The molecule has 2 aromatic rings. The summed E-state index contributed by atoms with van der Waals surface area (Å²) in [5.74, 6) is 0.118. The highest BCUT2D eigenvalue weighted by atomic mass is 35.5. The Kier molecular flexibility index (Phi) is 7.85. The molecular weight excluding hydrogens is 429 g/mol. The Morgan fingerprint density at radius 3 is 2.42 bits per heavy atom. The van der Waals surface area contributed by atoms with Crippen LogP contribution in [0.2, 0.25) is 10.0 Å². The third kappa shape index (κ3) is 4.69. The zero-order valence-electron chi connectivity index (χ0n) is 18.2. The quantitative estimate of drug-likeness (QED) is 0.441. The summed E-state index contributed by atoms with van der Waals surface area (Å²) in [7, 11) is 0. The van der Waals surface area contributed by atoms with Crippen molar-refractivity contribution in [3.05, 3.63) is 82.4 Å². The number of nitrogens with zero attached hydrogens (tertiary/aromatic N) is 1. The second kappa shape index (κ2) is 10.2. The maximum atomic E-state index is 14.0. The molecule has 4 atom stereocenters. The van der Waals surface area contributed by atoms with Gasteiger partial charge in [0.1, 0.15) is 0 Å². The SMILES string of the molecule is C=CC[C@@]1(CC)C[C@H](c2cccc(Cl)c2)[C@@H](c2ccc(Cl)cc2)N([C@@H](CC)CO)C1=O. The minimum absolute atomic E-state index is 0.0260. The van der Waals surface area contributed by atoms with Crippen molar-refractivity contribution in [1.29, 1.82) is 0 Å². The molecule has 0 spiro atoms. The molecule has 3 nitrogen and oxygen atoms in total. The van der Waals surface area contributed by atoms with Crippen LogP contribution in [-0.4, -0.2) is 28.6 Å². The number of carbonyl (C=O) groups excluding carboxylic acids is 1. The summed E-state index contributed by atoms with van der Waals surface area (Å²) in [6.07, 6.45) is 4.52. The molecular formula is C26H31Cl2NO2. The van der Waals surface area contributed by atoms with Crippen molar-refractivity contribution in [3.63, 3.8) is 0 Å². The van der Waals surface area contributed by atoms with Gasteiger partial charge in [0.05, 0.1) is 24.1 Å². The smallest absolute Gasteiger partial charge is 0.229 e. The number of piperidine rings is 1. The number of halogens is 2. The highest BCUT2D eigenvalue weighted by molar-refractivity contribution is 6.30. The fourth-order valence-corrected chi connectivity index (χ4v) is 5.32. The Bertz CT molecular complexity index is 910. The molecule has 0 saturated carbocycles. The zero-order valence-corrected chi connectivity index (χ0v) is 19.7. The van der Waals surface area contributed by atoms with E-state index in [2.05, 4.69) is 19.6 Å². The Morgan fingerprint density at radius 2 is 1.87 bits per heavy atom. The monoisotopic (exact) mass is 459 g/mol. The van der Waals surface area contributed by atoms with Crippen molar-refractivity contribution in [2.45, 2.75) is 57.5 Å². The third-order valence-electron chi connectivity index (χ3n) is 6.76. The lowest BCUT2D eigenvalue weighted by Crippen LogP contribution is -2.57. The van der Waals surface area contributed by atoms with Gasteiger partial charge < -0.3 is 10.0 Å². The van der Waals surface area contributed by atoms with E-state index in [0.29, 0.717) is 35.7 Å². The van der Waals surface area contributed by atoms with E-state index in [1.807, 2.05) is 60.4 Å². The summed E-state index contributed by atoms with van der Waals surface area (Å²) >= 11 is 12.5. The number of carbonyl (C=O) groups is 1. The van der Waals surface area contributed by atoms with Gasteiger partial charge in [0.2, 0.25) is 5.91 Å². The molecule has 2 aromatic carbocycles. The van der Waals surface area contributed by atoms with E-state index >= 15 is 0 Å². The number of allylic oxidation sites excluding steroid dienone is 1. The molecule has 1 heterocycles. The number of rotatable bonds is 8. The van der Waals surface area contributed by atoms with Gasteiger partial charge in [0.25, 0.3) is 0 Å². The second-order valence-electron chi connectivity index (χ2n) is 8.45. The summed E-state index contributed by atoms with van der Waals surface area (Å²) < 4.78 is 0. The standard InChI is InChI=1S/C26H31Cl2NO2/c1-4-14-26(6-3)16-23(19-8-7-9-21(28)15-19)24(18-10-12-20(27)13-11-18)29(25(26)31)22(5-2)17-30/h4,7-13,15,22-24,30H,1,5-6,14,16-17H2,2-3H3/t22-,23+,24+,26-/m0/s1. The van der Waals surface area contributed by atoms with Crippen LogP contribution in [0.5, 0.6) is 0 Å². The average Bonchev–Trinajstić information content (AvgIpc) is 2.77. The summed E-state index contributed by atoms with van der Waals surface area (Å²) in [5.41, 5.74) is 1.55. The van der Waals surface area contributed by atoms with Gasteiger partial charge in [-0.05, 0) is 61.1 Å². The first-order valence-corrected chi connectivity index (χ1v) is 11.7. The predicted octanol–water partition coefficient (Wildman–Crippen LogP) is 6.79. The van der Waals surface area contributed by atoms with Crippen LogP contribution in [0.15, 0.2) is 61.2 Å². The molecule has 0 aromatic heterocycles. The molecule has 1 fully saturated rings. The molecule has 0 bridgehead atoms. The number of likely N-dealkylation sites (tertiary alicyclic amines) is 1. The largest absolute Gasteiger partial charge is 0.394 e. The van der Waals surface area contributed by atoms with Crippen LogP contribution in [0.4, 0.5) is 0 Å². The van der Waals surface area contributed by atoms with E-state index in [4.69, 9.17) is 23.2 Å². The van der Waals surface area contributed by atoms with Crippen LogP contribution in [0, 0.1) is 5.41 Å². The number of hydrogen-bond acceptors (Lipinski definition) is 2. The first-order chi connectivity index (χ1) is 14.9. The molecule has 166 valence electrons. The van der Waals surface area contributed by atoms with Crippen molar-refractivity contribution in [2.24, 2.45) is 5.41 Å². The van der Waals surface area contributed by atoms with E-state index < -0.39 is 5.41 Å². The van der Waals surface area contributed by atoms with E-state index in [1.165, 1.54) is 0 Å². The molecule has 0 aliphatic carbocycles. The van der Waals surface area contributed by atoms with Crippen molar-refractivity contribution in [3.8, 4) is 0 Å². The van der Waals surface area contributed by atoms with Crippen LogP contribution < -0.4 is 0 Å². The molecule has 0 radical (unpaired) electrons. The number of hydrogen-bond donors (Lipinski definition) is 1. The van der Waals surface area contributed by atoms with Gasteiger partial charge in [-0.1, -0.05) is 67.4 Å². The lowest BCUT2D eigenvalue weighted by molar-refractivity contribution is -0.157. The lowest BCUT2D eigenvalue weighted by atomic mass is 9.65. The fraction of sp³-hybridized carbons (Fsp3) is 0.423. The highest BCUT2D eigenvalue weighted by Crippen LogP contribution is 2.53. The Hall–Kier alpha value is -1.81. The molecule has 31 heavy (non-hydrogen) atoms. The summed E-state index contributed by atoms with van der Waals surface area (Å²) in [6, 6.07) is 15.1. The molecule has 1 amide bonds. The topological polar surface area (TPSA) is 40.5 Å². The summed E-state index contributed by atoms with van der Waals surface area (Å²) in [5, 5.41) is 11.6. The van der Waals surface area contributed by atoms with Crippen LogP contribution in [0.3, 0.4) is 0 Å². The van der Waals surface area contributed by atoms with Crippen molar-refractivity contribution < 1.29 is 9.90 Å². The predicted molar refractivity (Wildman–Crippen MR) is 129 cm³/mol. The van der Waals surface area contributed by atoms with Gasteiger partial charge in [0, 0.05) is 16.0 Å². The number of aliphatic hydroxyl groups excluding tert-OH is 1. The molecule has 1 N–H and O–H groups in total. The third-order valence-corrected chi connectivity index (χ3v) is 7.24. The van der Waals surface area contributed by atoms with Gasteiger partial charge in [-0.15, -0.1) is 6.58 Å². The molecule has 5 heteroatoms. The molecule has 1 aliphatic rings. The van der Waals surface area contributed by atoms with Gasteiger partial charge in [-0.3, -0.25) is 4.79 Å². The Labute approximate surface area is 195 Å². The van der Waals surface area contributed by atoms with Gasteiger partial charge in [-0.2, -0.15) is 0 Å². The number of aliphatic hydroxyl groups is 1. The second-order valence-corrected chi connectivity index (χ2v) is 9.32.